The first-order valence-electron chi connectivity index (χ1n) is 9.73. The third kappa shape index (κ3) is 6.33. The maximum atomic E-state index is 12.4. The minimum Gasteiger partial charge on any atom is -0.493 e. The molecule has 0 heterocycles. The van der Waals surface area contributed by atoms with Crippen molar-refractivity contribution in [2.75, 3.05) is 19.0 Å². The Bertz CT molecular complexity index is 1130. The maximum Gasteiger partial charge on any atom is 0.345 e. The quantitative estimate of drug-likeness (QED) is 0.229. The number of hydrogen-bond acceptors (Lipinski definition) is 6. The number of carbonyl (C=O) groups excluding carboxylic acids is 2. The highest BCUT2D eigenvalue weighted by atomic mass is 35.5. The Kier molecular flexibility index (Phi) is 7.83. The van der Waals surface area contributed by atoms with Crippen molar-refractivity contribution in [3.05, 3.63) is 88.4 Å². The molecule has 0 atom stereocenters. The van der Waals surface area contributed by atoms with Gasteiger partial charge in [-0.2, -0.15) is 5.10 Å². The van der Waals surface area contributed by atoms with Gasteiger partial charge in [0.05, 0.1) is 30.5 Å². The van der Waals surface area contributed by atoms with Gasteiger partial charge in [-0.1, -0.05) is 41.4 Å². The second kappa shape index (κ2) is 11.0. The van der Waals surface area contributed by atoms with Gasteiger partial charge in [-0.05, 0) is 55.0 Å². The van der Waals surface area contributed by atoms with Crippen LogP contribution in [-0.4, -0.2) is 31.7 Å². The lowest BCUT2D eigenvalue weighted by Gasteiger charge is -2.10. The van der Waals surface area contributed by atoms with Crippen LogP contribution in [0, 0.1) is 6.92 Å². The lowest BCUT2D eigenvalue weighted by molar-refractivity contribution is -0.119. The van der Waals surface area contributed by atoms with E-state index in [1.165, 1.54) is 13.3 Å². The van der Waals surface area contributed by atoms with Crippen molar-refractivity contribution >= 4 is 35.4 Å². The summed E-state index contributed by atoms with van der Waals surface area (Å²) in [5.41, 5.74) is 5.34. The molecule has 0 aliphatic rings. The monoisotopic (exact) mass is 451 g/mol. The number of amides is 1. The predicted molar refractivity (Wildman–Crippen MR) is 125 cm³/mol. The molecule has 1 amide bonds. The highest BCUT2D eigenvalue weighted by molar-refractivity contribution is 6.33. The molecule has 0 saturated carbocycles. The number of carbonyl (C=O) groups is 2. The van der Waals surface area contributed by atoms with E-state index in [9.17, 15) is 9.59 Å². The van der Waals surface area contributed by atoms with Gasteiger partial charge in [-0.25, -0.2) is 10.2 Å². The van der Waals surface area contributed by atoms with Crippen LogP contribution in [0.2, 0.25) is 5.02 Å². The van der Waals surface area contributed by atoms with Gasteiger partial charge in [0.2, 0.25) is 0 Å². The van der Waals surface area contributed by atoms with Crippen molar-refractivity contribution in [2.24, 2.45) is 5.10 Å². The van der Waals surface area contributed by atoms with Crippen molar-refractivity contribution in [3.63, 3.8) is 0 Å². The average Bonchev–Trinajstić information content (AvgIpc) is 2.79. The van der Waals surface area contributed by atoms with Crippen LogP contribution in [-0.2, 0) is 4.79 Å². The number of methoxy groups -OCH3 is 1. The number of ether oxygens (including phenoxy) is 2. The highest BCUT2D eigenvalue weighted by Gasteiger charge is 2.15. The number of esters is 1. The molecule has 0 radical (unpaired) electrons. The average molecular weight is 452 g/mol. The van der Waals surface area contributed by atoms with Crippen LogP contribution in [0.1, 0.15) is 21.5 Å². The van der Waals surface area contributed by atoms with Crippen LogP contribution in [0.4, 0.5) is 5.69 Å². The van der Waals surface area contributed by atoms with Crippen LogP contribution >= 0.6 is 11.6 Å². The van der Waals surface area contributed by atoms with Crippen LogP contribution in [0.5, 0.6) is 11.5 Å². The Morgan fingerprint density at radius 1 is 1.03 bits per heavy atom. The molecule has 7 nitrogen and oxygen atoms in total. The minimum absolute atomic E-state index is 0.0840. The molecule has 0 saturated heterocycles. The Balaban J connectivity index is 1.57. The molecule has 0 bridgehead atoms. The first-order chi connectivity index (χ1) is 15.5. The van der Waals surface area contributed by atoms with E-state index in [-0.39, 0.29) is 23.8 Å². The van der Waals surface area contributed by atoms with Gasteiger partial charge in [-0.3, -0.25) is 4.79 Å². The van der Waals surface area contributed by atoms with Crippen LogP contribution < -0.4 is 20.2 Å². The lowest BCUT2D eigenvalue weighted by Crippen LogP contribution is -2.25. The third-order valence-corrected chi connectivity index (χ3v) is 4.72. The minimum atomic E-state index is -0.594. The Morgan fingerprint density at radius 3 is 2.50 bits per heavy atom. The van der Waals surface area contributed by atoms with E-state index < -0.39 is 5.97 Å². The number of hydrazone groups is 1. The van der Waals surface area contributed by atoms with Gasteiger partial charge < -0.3 is 14.8 Å². The molecule has 8 heteroatoms. The molecule has 0 aliphatic heterocycles. The van der Waals surface area contributed by atoms with Crippen LogP contribution in [0.25, 0.3) is 0 Å². The summed E-state index contributed by atoms with van der Waals surface area (Å²) < 4.78 is 10.7. The molecule has 0 unspecified atom stereocenters. The fourth-order valence-corrected chi connectivity index (χ4v) is 2.92. The van der Waals surface area contributed by atoms with Gasteiger partial charge >= 0.3 is 5.97 Å². The molecule has 0 spiro atoms. The predicted octanol–water partition coefficient (Wildman–Crippen LogP) is 4.44. The third-order valence-electron chi connectivity index (χ3n) is 4.39. The number of nitrogens with one attached hydrogen (secondary N) is 2. The fourth-order valence-electron chi connectivity index (χ4n) is 2.70. The molecule has 0 aromatic heterocycles. The van der Waals surface area contributed by atoms with Crippen molar-refractivity contribution in [1.82, 2.24) is 5.43 Å². The number of halogens is 1. The molecule has 0 aliphatic carbocycles. The number of nitrogens with zero attached hydrogens (tertiary/aromatic N) is 1. The second-order valence-electron chi connectivity index (χ2n) is 6.79. The molecule has 164 valence electrons. The smallest absolute Gasteiger partial charge is 0.345 e. The van der Waals surface area contributed by atoms with E-state index >= 15 is 0 Å². The SMILES string of the molecule is COc1cc(/C=N/NC(=O)CNc2ccc(C)cc2)ccc1OC(=O)c1ccccc1Cl. The zero-order valence-corrected chi connectivity index (χ0v) is 18.3. The van der Waals surface area contributed by atoms with Crippen molar-refractivity contribution < 1.29 is 19.1 Å². The summed E-state index contributed by atoms with van der Waals surface area (Å²) in [6.07, 6.45) is 1.46. The number of rotatable bonds is 8. The number of aryl methyl sites for hydroxylation is 1. The molecule has 3 aromatic carbocycles. The molecule has 0 fully saturated rings. The Hall–Kier alpha value is -3.84. The van der Waals surface area contributed by atoms with Crippen molar-refractivity contribution in [1.29, 1.82) is 0 Å². The topological polar surface area (TPSA) is 89.0 Å². The van der Waals surface area contributed by atoms with E-state index in [0.717, 1.165) is 11.3 Å². The zero-order chi connectivity index (χ0) is 22.9. The van der Waals surface area contributed by atoms with Crippen LogP contribution in [0.3, 0.4) is 0 Å². The van der Waals surface area contributed by atoms with Gasteiger partial charge in [0.25, 0.3) is 5.91 Å². The summed E-state index contributed by atoms with van der Waals surface area (Å²) in [6, 6.07) is 19.2. The first kappa shape index (κ1) is 22.8. The van der Waals surface area contributed by atoms with Gasteiger partial charge in [0.15, 0.2) is 11.5 Å². The molecular formula is C24H22ClN3O4. The van der Waals surface area contributed by atoms with E-state index in [0.29, 0.717) is 16.3 Å². The second-order valence-corrected chi connectivity index (χ2v) is 7.20. The fraction of sp³-hybridized carbons (Fsp3) is 0.125. The lowest BCUT2D eigenvalue weighted by atomic mass is 10.2. The number of hydrogen-bond donors (Lipinski definition) is 2. The summed E-state index contributed by atoms with van der Waals surface area (Å²) >= 11 is 6.04. The number of anilines is 1. The van der Waals surface area contributed by atoms with Gasteiger partial charge in [0, 0.05) is 5.69 Å². The molecule has 3 aromatic rings. The normalized spacial score (nSPS) is 10.6. The van der Waals surface area contributed by atoms with E-state index in [1.807, 2.05) is 31.2 Å². The summed E-state index contributed by atoms with van der Waals surface area (Å²) in [7, 11) is 1.46. The molecule has 3 rings (SSSR count). The van der Waals surface area contributed by atoms with E-state index in [2.05, 4.69) is 15.8 Å². The molecule has 2 N–H and O–H groups in total. The Morgan fingerprint density at radius 2 is 1.78 bits per heavy atom. The standard InChI is InChI=1S/C24H22ClN3O4/c1-16-7-10-18(11-8-16)26-15-23(29)28-27-14-17-9-12-21(22(13-17)31-2)32-24(30)19-5-3-4-6-20(19)25/h3-14,26H,15H2,1-2H3,(H,28,29)/b27-14+. The van der Waals surface area contributed by atoms with E-state index in [4.69, 9.17) is 21.1 Å². The summed E-state index contributed by atoms with van der Waals surface area (Å²) in [4.78, 5) is 24.3. The first-order valence-corrected chi connectivity index (χ1v) is 10.1. The van der Waals surface area contributed by atoms with Crippen molar-refractivity contribution in [3.8, 4) is 11.5 Å². The summed E-state index contributed by atoms with van der Waals surface area (Å²) in [5, 5.41) is 7.26. The summed E-state index contributed by atoms with van der Waals surface area (Å²) in [5.74, 6) is -0.314. The Labute approximate surface area is 191 Å². The van der Waals surface area contributed by atoms with Crippen molar-refractivity contribution in [2.45, 2.75) is 6.92 Å². The largest absolute Gasteiger partial charge is 0.493 e. The van der Waals surface area contributed by atoms with E-state index in [1.54, 1.807) is 42.5 Å². The highest BCUT2D eigenvalue weighted by Crippen LogP contribution is 2.29. The number of benzene rings is 3. The van der Waals surface area contributed by atoms with Gasteiger partial charge in [0.1, 0.15) is 0 Å². The van der Waals surface area contributed by atoms with Gasteiger partial charge in [-0.15, -0.1) is 0 Å². The zero-order valence-electron chi connectivity index (χ0n) is 17.6. The maximum absolute atomic E-state index is 12.4. The van der Waals surface area contributed by atoms with Crippen LogP contribution in [0.15, 0.2) is 71.8 Å². The molecular weight excluding hydrogens is 430 g/mol. The molecule has 32 heavy (non-hydrogen) atoms. The summed E-state index contributed by atoms with van der Waals surface area (Å²) in [6.45, 7) is 2.08.